The Hall–Kier alpha value is -3.34. The number of benzene rings is 2. The van der Waals surface area contributed by atoms with Gasteiger partial charge in [-0.25, -0.2) is 4.98 Å². The van der Waals surface area contributed by atoms with Crippen LogP contribution in [0.1, 0.15) is 0 Å². The second-order valence-corrected chi connectivity index (χ2v) is 5.53. The monoisotopic (exact) mass is 298 g/mol. The van der Waals surface area contributed by atoms with Crippen molar-refractivity contribution < 1.29 is 0 Å². The highest BCUT2D eigenvalue weighted by molar-refractivity contribution is 6.23. The first kappa shape index (κ1) is 12.2. The molecule has 108 valence electrons. The second-order valence-electron chi connectivity index (χ2n) is 5.53. The van der Waals surface area contributed by atoms with Crippen molar-refractivity contribution >= 4 is 43.6 Å². The Balaban J connectivity index is 2.28. The third-order valence-corrected chi connectivity index (χ3v) is 4.29. The van der Waals surface area contributed by atoms with Crippen LogP contribution in [0.5, 0.6) is 0 Å². The van der Waals surface area contributed by atoms with Crippen LogP contribution in [0.2, 0.25) is 0 Å². The topological polar surface area (TPSA) is 82.5 Å². The highest BCUT2D eigenvalue weighted by atomic mass is 16.1. The van der Waals surface area contributed by atoms with Crippen molar-refractivity contribution in [3.05, 3.63) is 64.4 Å². The van der Waals surface area contributed by atoms with Gasteiger partial charge in [0.15, 0.2) is 0 Å². The zero-order chi connectivity index (χ0) is 15.6. The Bertz CT molecular complexity index is 1350. The van der Waals surface area contributed by atoms with Crippen LogP contribution in [-0.2, 0) is 0 Å². The average Bonchev–Trinajstić information content (AvgIpc) is 2.60. The summed E-state index contributed by atoms with van der Waals surface area (Å²) in [5, 5.41) is 11.5. The Morgan fingerprint density at radius 2 is 1.78 bits per heavy atom. The predicted molar refractivity (Wildman–Crippen MR) is 89.7 cm³/mol. The lowest BCUT2D eigenvalue weighted by Gasteiger charge is -2.09. The minimum Gasteiger partial charge on any atom is -0.359 e. The number of rotatable bonds is 0. The van der Waals surface area contributed by atoms with Crippen molar-refractivity contribution in [2.75, 3.05) is 0 Å². The number of nitrogens with one attached hydrogen (secondary N) is 2. The highest BCUT2D eigenvalue weighted by Crippen LogP contribution is 2.30. The van der Waals surface area contributed by atoms with Crippen molar-refractivity contribution in [3.63, 3.8) is 0 Å². The van der Waals surface area contributed by atoms with Crippen LogP contribution in [0.3, 0.4) is 0 Å². The van der Waals surface area contributed by atoms with Crippen LogP contribution in [0.4, 0.5) is 0 Å². The lowest BCUT2D eigenvalue weighted by molar-refractivity contribution is 1.28. The molecule has 0 bridgehead atoms. The molecular formula is C18H10N4O. The van der Waals surface area contributed by atoms with Gasteiger partial charge in [-0.15, -0.1) is 0 Å². The van der Waals surface area contributed by atoms with Crippen molar-refractivity contribution in [1.82, 2.24) is 15.0 Å². The molecule has 0 aliphatic rings. The van der Waals surface area contributed by atoms with E-state index in [0.29, 0.717) is 21.8 Å². The molecule has 0 amide bonds. The molecule has 5 nitrogen and oxygen atoms in total. The third kappa shape index (κ3) is 1.46. The van der Waals surface area contributed by atoms with E-state index in [1.807, 2.05) is 18.2 Å². The largest absolute Gasteiger partial charge is 0.359 e. The molecular weight excluding hydrogens is 288 g/mol. The van der Waals surface area contributed by atoms with E-state index in [1.165, 1.54) is 0 Å². The van der Waals surface area contributed by atoms with E-state index in [-0.39, 0.29) is 5.43 Å². The maximum Gasteiger partial charge on any atom is 0.214 e. The quantitative estimate of drug-likeness (QED) is 0.340. The van der Waals surface area contributed by atoms with Gasteiger partial charge in [-0.1, -0.05) is 12.1 Å². The molecule has 2 aromatic carbocycles. The molecule has 0 spiro atoms. The van der Waals surface area contributed by atoms with E-state index in [2.05, 4.69) is 15.0 Å². The molecule has 5 heteroatoms. The minimum atomic E-state index is -0.132. The van der Waals surface area contributed by atoms with Crippen LogP contribution in [0, 0.1) is 5.41 Å². The van der Waals surface area contributed by atoms with E-state index in [9.17, 15) is 4.79 Å². The molecule has 0 atom stereocenters. The number of aromatic amines is 1. The standard InChI is InChI=1S/C18H10N4O/c19-12-5-1-3-10-9-6-8-21-16-13(9)17(22-14(10)12)18(23)11-4-2-7-20-15(11)16/h1-8,19-20H. The van der Waals surface area contributed by atoms with Crippen LogP contribution in [0.25, 0.3) is 43.6 Å². The van der Waals surface area contributed by atoms with Gasteiger partial charge in [-0.3, -0.25) is 15.2 Å². The van der Waals surface area contributed by atoms with Crippen molar-refractivity contribution in [2.24, 2.45) is 0 Å². The first-order valence-electron chi connectivity index (χ1n) is 7.24. The Morgan fingerprint density at radius 1 is 0.913 bits per heavy atom. The summed E-state index contributed by atoms with van der Waals surface area (Å²) in [6.45, 7) is 0. The van der Waals surface area contributed by atoms with Gasteiger partial charge in [0.25, 0.3) is 0 Å². The molecule has 3 aromatic heterocycles. The first-order valence-corrected chi connectivity index (χ1v) is 7.24. The number of pyridine rings is 3. The van der Waals surface area contributed by atoms with Crippen LogP contribution in [-0.4, -0.2) is 15.0 Å². The molecule has 0 aliphatic carbocycles. The molecule has 0 fully saturated rings. The highest BCUT2D eigenvalue weighted by Gasteiger charge is 2.16. The number of hydrogen-bond acceptors (Lipinski definition) is 4. The summed E-state index contributed by atoms with van der Waals surface area (Å²) in [5.74, 6) is 0. The summed E-state index contributed by atoms with van der Waals surface area (Å²) in [6.07, 6.45) is 3.52. The number of aromatic nitrogens is 3. The van der Waals surface area contributed by atoms with E-state index >= 15 is 0 Å². The fraction of sp³-hybridized carbons (Fsp3) is 0. The third-order valence-electron chi connectivity index (χ3n) is 4.29. The van der Waals surface area contributed by atoms with Crippen molar-refractivity contribution in [2.45, 2.75) is 0 Å². The fourth-order valence-corrected chi connectivity index (χ4v) is 3.28. The summed E-state index contributed by atoms with van der Waals surface area (Å²) in [5.41, 5.74) is 2.25. The molecule has 0 unspecified atom stereocenters. The van der Waals surface area contributed by atoms with Gasteiger partial charge in [-0.05, 0) is 29.7 Å². The smallest absolute Gasteiger partial charge is 0.214 e. The SMILES string of the molecule is N=c1cccc2c1nc1c(=O)c3ccc[nH]c3c3nccc2c13. The van der Waals surface area contributed by atoms with E-state index < -0.39 is 0 Å². The van der Waals surface area contributed by atoms with Gasteiger partial charge in [0, 0.05) is 28.6 Å². The summed E-state index contributed by atoms with van der Waals surface area (Å²) < 4.78 is 0. The zero-order valence-electron chi connectivity index (χ0n) is 11.9. The van der Waals surface area contributed by atoms with Crippen LogP contribution < -0.4 is 10.8 Å². The number of fused-ring (bicyclic) bond motifs is 4. The first-order chi connectivity index (χ1) is 11.3. The molecule has 0 aliphatic heterocycles. The van der Waals surface area contributed by atoms with Crippen molar-refractivity contribution in [3.8, 4) is 0 Å². The second kappa shape index (κ2) is 4.10. The summed E-state index contributed by atoms with van der Waals surface area (Å²) in [7, 11) is 0. The van der Waals surface area contributed by atoms with Gasteiger partial charge < -0.3 is 4.98 Å². The van der Waals surface area contributed by atoms with Crippen LogP contribution >= 0.6 is 0 Å². The maximum atomic E-state index is 12.9. The van der Waals surface area contributed by atoms with Gasteiger partial charge >= 0.3 is 0 Å². The van der Waals surface area contributed by atoms with Gasteiger partial charge in [0.1, 0.15) is 5.52 Å². The van der Waals surface area contributed by atoms with Gasteiger partial charge in [0.2, 0.25) is 5.43 Å². The Kier molecular flexibility index (Phi) is 2.18. The molecule has 2 N–H and O–H groups in total. The maximum absolute atomic E-state index is 12.9. The average molecular weight is 298 g/mol. The van der Waals surface area contributed by atoms with Crippen molar-refractivity contribution in [1.29, 1.82) is 5.41 Å². The molecule has 0 radical (unpaired) electrons. The lowest BCUT2D eigenvalue weighted by atomic mass is 10.0. The molecule has 23 heavy (non-hydrogen) atoms. The minimum absolute atomic E-state index is 0.132. The van der Waals surface area contributed by atoms with Gasteiger partial charge in [-0.2, -0.15) is 0 Å². The van der Waals surface area contributed by atoms with Crippen LogP contribution in [0.15, 0.2) is 53.6 Å². The van der Waals surface area contributed by atoms with E-state index in [0.717, 1.165) is 27.2 Å². The zero-order valence-corrected chi connectivity index (χ0v) is 11.9. The summed E-state index contributed by atoms with van der Waals surface area (Å²) in [4.78, 5) is 25.0. The summed E-state index contributed by atoms with van der Waals surface area (Å²) >= 11 is 0. The molecule has 5 aromatic rings. The lowest BCUT2D eigenvalue weighted by Crippen LogP contribution is -2.10. The molecule has 0 saturated carbocycles. The Morgan fingerprint density at radius 3 is 2.70 bits per heavy atom. The number of hydrogen-bond donors (Lipinski definition) is 2. The molecule has 5 rings (SSSR count). The Labute approximate surface area is 129 Å². The van der Waals surface area contributed by atoms with Gasteiger partial charge in [0.05, 0.1) is 21.9 Å². The summed E-state index contributed by atoms with van der Waals surface area (Å²) in [6, 6.07) is 10.9. The predicted octanol–water partition coefficient (Wildman–Crippen LogP) is 2.69. The number of H-pyrrole nitrogens is 1. The molecule has 0 saturated heterocycles. The number of para-hydroxylation sites is 1. The fourth-order valence-electron chi connectivity index (χ4n) is 3.28. The van der Waals surface area contributed by atoms with E-state index in [1.54, 1.807) is 30.6 Å². The van der Waals surface area contributed by atoms with E-state index in [4.69, 9.17) is 5.41 Å². The number of nitrogens with zero attached hydrogens (tertiary/aromatic N) is 2. The molecule has 3 heterocycles. The normalized spacial score (nSPS) is 11.8.